The number of urea groups is 1. The summed E-state index contributed by atoms with van der Waals surface area (Å²) in [5, 5.41) is 14.6. The van der Waals surface area contributed by atoms with E-state index in [1.165, 1.54) is 0 Å². The number of hydrogen-bond acceptors (Lipinski definition) is 3. The van der Waals surface area contributed by atoms with E-state index in [0.717, 1.165) is 25.9 Å². The van der Waals surface area contributed by atoms with Gasteiger partial charge in [-0.3, -0.25) is 4.79 Å². The van der Waals surface area contributed by atoms with Crippen LogP contribution >= 0.6 is 0 Å². The summed E-state index contributed by atoms with van der Waals surface area (Å²) in [7, 11) is 0. The molecule has 6 heteroatoms. The molecule has 1 aliphatic carbocycles. The Hall–Kier alpha value is -1.30. The van der Waals surface area contributed by atoms with E-state index in [4.69, 9.17) is 9.84 Å². The average Bonchev–Trinajstić information content (AvgIpc) is 2.80. The van der Waals surface area contributed by atoms with Crippen molar-refractivity contribution in [1.29, 1.82) is 0 Å². The molecule has 0 bridgehead atoms. The second-order valence-corrected chi connectivity index (χ2v) is 5.61. The van der Waals surface area contributed by atoms with E-state index in [2.05, 4.69) is 10.6 Å². The molecule has 2 fully saturated rings. The lowest BCUT2D eigenvalue weighted by atomic mass is 9.69. The molecule has 0 aromatic rings. The number of carbonyl (C=O) groups is 2. The van der Waals surface area contributed by atoms with Crippen molar-refractivity contribution in [2.75, 3.05) is 13.2 Å². The summed E-state index contributed by atoms with van der Waals surface area (Å²) in [4.78, 5) is 22.9. The van der Waals surface area contributed by atoms with E-state index in [1.54, 1.807) is 0 Å². The second-order valence-electron chi connectivity index (χ2n) is 5.61. The van der Waals surface area contributed by atoms with Crippen LogP contribution in [0.3, 0.4) is 0 Å². The summed E-state index contributed by atoms with van der Waals surface area (Å²) in [6, 6.07) is -0.361. The standard InChI is InChI=1S/C13H22N2O4/c1-9(10-4-2-7-19-10)15-12(18)14-8-13(11(16)17)5-3-6-13/h9-10H,2-8H2,1H3,(H,16,17)(H2,14,15,18). The third-order valence-electron chi connectivity index (χ3n) is 4.23. The monoisotopic (exact) mass is 270 g/mol. The zero-order valence-corrected chi connectivity index (χ0v) is 11.3. The van der Waals surface area contributed by atoms with E-state index in [1.807, 2.05) is 6.92 Å². The Morgan fingerprint density at radius 2 is 2.16 bits per heavy atom. The van der Waals surface area contributed by atoms with Crippen LogP contribution in [0, 0.1) is 5.41 Å². The molecule has 3 N–H and O–H groups in total. The summed E-state index contributed by atoms with van der Waals surface area (Å²) in [6.07, 6.45) is 4.26. The predicted molar refractivity (Wildman–Crippen MR) is 68.9 cm³/mol. The van der Waals surface area contributed by atoms with Crippen LogP contribution < -0.4 is 10.6 Å². The van der Waals surface area contributed by atoms with Crippen molar-refractivity contribution in [2.45, 2.75) is 51.2 Å². The Bertz CT molecular complexity index is 349. The largest absolute Gasteiger partial charge is 0.481 e. The van der Waals surface area contributed by atoms with Crippen molar-refractivity contribution in [3.8, 4) is 0 Å². The number of aliphatic carboxylic acids is 1. The quantitative estimate of drug-likeness (QED) is 0.698. The Morgan fingerprint density at radius 1 is 1.42 bits per heavy atom. The van der Waals surface area contributed by atoms with E-state index in [0.29, 0.717) is 12.8 Å². The average molecular weight is 270 g/mol. The van der Waals surface area contributed by atoms with E-state index in [-0.39, 0.29) is 24.7 Å². The first-order valence-corrected chi connectivity index (χ1v) is 6.93. The summed E-state index contributed by atoms with van der Waals surface area (Å²) in [6.45, 7) is 2.86. The maximum Gasteiger partial charge on any atom is 0.315 e. The molecule has 2 rings (SSSR count). The fourth-order valence-electron chi connectivity index (χ4n) is 2.67. The van der Waals surface area contributed by atoms with Crippen molar-refractivity contribution in [3.05, 3.63) is 0 Å². The van der Waals surface area contributed by atoms with Crippen molar-refractivity contribution < 1.29 is 19.4 Å². The molecule has 2 atom stereocenters. The zero-order chi connectivity index (χ0) is 13.9. The highest BCUT2D eigenvalue weighted by Crippen LogP contribution is 2.40. The van der Waals surface area contributed by atoms with Crippen LogP contribution in [0.5, 0.6) is 0 Å². The fourth-order valence-corrected chi connectivity index (χ4v) is 2.67. The highest BCUT2D eigenvalue weighted by atomic mass is 16.5. The van der Waals surface area contributed by atoms with Gasteiger partial charge < -0.3 is 20.5 Å². The van der Waals surface area contributed by atoms with E-state index in [9.17, 15) is 9.59 Å². The smallest absolute Gasteiger partial charge is 0.315 e. The lowest BCUT2D eigenvalue weighted by molar-refractivity contribution is -0.153. The number of amides is 2. The first-order valence-electron chi connectivity index (χ1n) is 6.93. The fraction of sp³-hybridized carbons (Fsp3) is 0.846. The van der Waals surface area contributed by atoms with Crippen LogP contribution in [-0.4, -0.2) is 42.4 Å². The first kappa shape index (κ1) is 14.1. The molecule has 1 saturated heterocycles. The minimum absolute atomic E-state index is 0.0512. The second kappa shape index (κ2) is 5.77. The lowest BCUT2D eigenvalue weighted by Crippen LogP contribution is -2.52. The highest BCUT2D eigenvalue weighted by molar-refractivity contribution is 5.79. The lowest BCUT2D eigenvalue weighted by Gasteiger charge is -2.37. The van der Waals surface area contributed by atoms with Crippen LogP contribution in [0.15, 0.2) is 0 Å². The Morgan fingerprint density at radius 3 is 2.63 bits per heavy atom. The molecular weight excluding hydrogens is 248 g/mol. The molecule has 0 spiro atoms. The molecule has 0 radical (unpaired) electrons. The normalized spacial score (nSPS) is 26.3. The maximum absolute atomic E-state index is 11.7. The van der Waals surface area contributed by atoms with Gasteiger partial charge in [-0.2, -0.15) is 0 Å². The minimum atomic E-state index is -0.814. The van der Waals surface area contributed by atoms with Crippen molar-refractivity contribution in [3.63, 3.8) is 0 Å². The van der Waals surface area contributed by atoms with E-state index < -0.39 is 11.4 Å². The number of ether oxygens (including phenoxy) is 1. The first-order chi connectivity index (χ1) is 9.03. The van der Waals surface area contributed by atoms with Gasteiger partial charge in [0.1, 0.15) is 0 Å². The predicted octanol–water partition coefficient (Wildman–Crippen LogP) is 1.11. The van der Waals surface area contributed by atoms with Gasteiger partial charge in [0.2, 0.25) is 0 Å². The molecule has 6 nitrogen and oxygen atoms in total. The van der Waals surface area contributed by atoms with Crippen LogP contribution in [0.2, 0.25) is 0 Å². The van der Waals surface area contributed by atoms with Gasteiger partial charge in [-0.1, -0.05) is 6.42 Å². The topological polar surface area (TPSA) is 87.7 Å². The Labute approximate surface area is 112 Å². The van der Waals surface area contributed by atoms with Gasteiger partial charge in [-0.25, -0.2) is 4.79 Å². The van der Waals surface area contributed by atoms with Crippen LogP contribution in [0.4, 0.5) is 4.79 Å². The van der Waals surface area contributed by atoms with Crippen LogP contribution in [0.25, 0.3) is 0 Å². The summed E-state index contributed by atoms with van der Waals surface area (Å²) in [5.41, 5.74) is -0.746. The SMILES string of the molecule is CC(NC(=O)NCC1(C(=O)O)CCC1)C1CCCO1. The maximum atomic E-state index is 11.7. The molecule has 1 saturated carbocycles. The number of carboxylic acid groups (broad SMARTS) is 1. The molecule has 1 heterocycles. The Kier molecular flexibility index (Phi) is 4.29. The molecule has 0 aromatic heterocycles. The van der Waals surface area contributed by atoms with Gasteiger partial charge >= 0.3 is 12.0 Å². The number of carboxylic acids is 1. The molecule has 108 valence electrons. The molecule has 2 unspecified atom stereocenters. The number of rotatable bonds is 5. The van der Waals surface area contributed by atoms with Gasteiger partial charge in [0.15, 0.2) is 0 Å². The molecule has 1 aliphatic heterocycles. The van der Waals surface area contributed by atoms with E-state index >= 15 is 0 Å². The van der Waals surface area contributed by atoms with Crippen LogP contribution in [0.1, 0.15) is 39.0 Å². The summed E-state index contributed by atoms with van der Waals surface area (Å²) >= 11 is 0. The van der Waals surface area contributed by atoms with Crippen molar-refractivity contribution >= 4 is 12.0 Å². The third kappa shape index (κ3) is 3.18. The Balaban J connectivity index is 1.73. The zero-order valence-electron chi connectivity index (χ0n) is 11.3. The number of carbonyl (C=O) groups excluding carboxylic acids is 1. The third-order valence-corrected chi connectivity index (χ3v) is 4.23. The molecule has 19 heavy (non-hydrogen) atoms. The number of nitrogens with one attached hydrogen (secondary N) is 2. The van der Waals surface area contributed by atoms with Gasteiger partial charge in [-0.15, -0.1) is 0 Å². The summed E-state index contributed by atoms with van der Waals surface area (Å²) < 4.78 is 5.49. The number of hydrogen-bond donors (Lipinski definition) is 3. The van der Waals surface area contributed by atoms with Gasteiger partial charge in [-0.05, 0) is 32.6 Å². The summed E-state index contributed by atoms with van der Waals surface area (Å²) in [5.74, 6) is -0.814. The van der Waals surface area contributed by atoms with Gasteiger partial charge in [0, 0.05) is 13.2 Å². The van der Waals surface area contributed by atoms with Crippen LogP contribution in [-0.2, 0) is 9.53 Å². The molecule has 0 aromatic carbocycles. The molecule has 2 amide bonds. The van der Waals surface area contributed by atoms with Gasteiger partial charge in [0.25, 0.3) is 0 Å². The van der Waals surface area contributed by atoms with Crippen molar-refractivity contribution in [2.24, 2.45) is 5.41 Å². The van der Waals surface area contributed by atoms with Crippen molar-refractivity contribution in [1.82, 2.24) is 10.6 Å². The molecule has 2 aliphatic rings. The minimum Gasteiger partial charge on any atom is -0.481 e. The highest BCUT2D eigenvalue weighted by Gasteiger charge is 2.44. The van der Waals surface area contributed by atoms with Gasteiger partial charge in [0.05, 0.1) is 17.6 Å². The molecular formula is C13H22N2O4.